The zero-order valence-electron chi connectivity index (χ0n) is 16.5. The van der Waals surface area contributed by atoms with Gasteiger partial charge in [0.2, 0.25) is 11.9 Å². The molecule has 2 fully saturated rings. The number of furan rings is 1. The van der Waals surface area contributed by atoms with Crippen LogP contribution in [0.4, 0.5) is 5.95 Å². The van der Waals surface area contributed by atoms with Crippen LogP contribution in [0.1, 0.15) is 50.7 Å². The largest absolute Gasteiger partial charge is 0.467 e. The van der Waals surface area contributed by atoms with Crippen LogP contribution < -0.4 is 10.2 Å². The van der Waals surface area contributed by atoms with Crippen LogP contribution in [-0.2, 0) is 11.3 Å². The van der Waals surface area contributed by atoms with Crippen LogP contribution in [0.2, 0.25) is 0 Å². The number of rotatable bonds is 7. The van der Waals surface area contributed by atoms with E-state index in [4.69, 9.17) is 4.42 Å². The molecule has 1 saturated heterocycles. The first-order valence-electron chi connectivity index (χ1n) is 10.2. The summed E-state index contributed by atoms with van der Waals surface area (Å²) in [6, 6.07) is 6.12. The second-order valence-corrected chi connectivity index (χ2v) is 8.68. The molecule has 2 aliphatic rings. The first-order chi connectivity index (χ1) is 14.2. The van der Waals surface area contributed by atoms with Crippen molar-refractivity contribution in [3.63, 3.8) is 0 Å². The van der Waals surface area contributed by atoms with Gasteiger partial charge in [-0.25, -0.2) is 0 Å². The Morgan fingerprint density at radius 3 is 2.72 bits per heavy atom. The molecule has 3 heterocycles. The van der Waals surface area contributed by atoms with Gasteiger partial charge >= 0.3 is 0 Å². The van der Waals surface area contributed by atoms with E-state index in [1.54, 1.807) is 6.26 Å². The second kappa shape index (κ2) is 8.91. The molecule has 0 unspecified atom stereocenters. The molecule has 1 aliphatic heterocycles. The molecule has 0 radical (unpaired) electrons. The molecule has 0 bridgehead atoms. The number of thioether (sulfide) groups is 1. The van der Waals surface area contributed by atoms with Crippen LogP contribution in [0.15, 0.2) is 28.0 Å². The SMILES string of the molecule is N#CC1(NC(=O)CSc2nnc(N3CCCC3)n2Cc2ccco2)CCCCC1. The number of hydrogen-bond donors (Lipinski definition) is 1. The van der Waals surface area contributed by atoms with Crippen molar-refractivity contribution < 1.29 is 9.21 Å². The average Bonchev–Trinajstić information content (AvgIpc) is 3.50. The number of anilines is 1. The minimum atomic E-state index is -0.710. The van der Waals surface area contributed by atoms with E-state index in [1.807, 2.05) is 16.7 Å². The van der Waals surface area contributed by atoms with Gasteiger partial charge in [0.25, 0.3) is 0 Å². The maximum absolute atomic E-state index is 12.6. The van der Waals surface area contributed by atoms with Gasteiger partial charge < -0.3 is 14.6 Å². The molecule has 0 atom stereocenters. The van der Waals surface area contributed by atoms with Crippen molar-refractivity contribution >= 4 is 23.6 Å². The summed E-state index contributed by atoms with van der Waals surface area (Å²) in [5.74, 6) is 1.72. The van der Waals surface area contributed by atoms with E-state index in [9.17, 15) is 10.1 Å². The quantitative estimate of drug-likeness (QED) is 0.695. The number of aromatic nitrogens is 3. The molecule has 1 saturated carbocycles. The highest BCUT2D eigenvalue weighted by Gasteiger charge is 2.33. The summed E-state index contributed by atoms with van der Waals surface area (Å²) in [5, 5.41) is 22.0. The van der Waals surface area contributed by atoms with Gasteiger partial charge in [0.05, 0.1) is 24.6 Å². The highest BCUT2D eigenvalue weighted by Crippen LogP contribution is 2.29. The number of nitrogens with one attached hydrogen (secondary N) is 1. The van der Waals surface area contributed by atoms with Crippen molar-refractivity contribution in [2.45, 2.75) is 62.2 Å². The highest BCUT2D eigenvalue weighted by atomic mass is 32.2. The molecule has 1 amide bonds. The first kappa shape index (κ1) is 19.8. The number of carbonyl (C=O) groups excluding carboxylic acids is 1. The van der Waals surface area contributed by atoms with E-state index in [0.717, 1.165) is 69.7 Å². The number of carbonyl (C=O) groups is 1. The molecule has 0 aromatic carbocycles. The lowest BCUT2D eigenvalue weighted by molar-refractivity contribution is -0.120. The van der Waals surface area contributed by atoms with Gasteiger partial charge in [-0.3, -0.25) is 9.36 Å². The van der Waals surface area contributed by atoms with Gasteiger partial charge in [0, 0.05) is 13.1 Å². The fourth-order valence-electron chi connectivity index (χ4n) is 4.09. The predicted molar refractivity (Wildman–Crippen MR) is 110 cm³/mol. The molecule has 29 heavy (non-hydrogen) atoms. The Morgan fingerprint density at radius 2 is 2.03 bits per heavy atom. The molecule has 1 aliphatic carbocycles. The summed E-state index contributed by atoms with van der Waals surface area (Å²) < 4.78 is 7.53. The van der Waals surface area contributed by atoms with Gasteiger partial charge in [0.15, 0.2) is 5.16 Å². The molecule has 2 aromatic heterocycles. The van der Waals surface area contributed by atoms with Crippen LogP contribution in [-0.4, -0.2) is 45.1 Å². The van der Waals surface area contributed by atoms with Crippen LogP contribution in [0.5, 0.6) is 0 Å². The molecule has 1 N–H and O–H groups in total. The molecular formula is C20H26N6O2S. The monoisotopic (exact) mass is 414 g/mol. The van der Waals surface area contributed by atoms with Crippen molar-refractivity contribution in [2.75, 3.05) is 23.7 Å². The topological polar surface area (TPSA) is 100.0 Å². The number of hydrogen-bond acceptors (Lipinski definition) is 7. The highest BCUT2D eigenvalue weighted by molar-refractivity contribution is 7.99. The van der Waals surface area contributed by atoms with E-state index in [2.05, 4.69) is 26.5 Å². The summed E-state index contributed by atoms with van der Waals surface area (Å²) in [5.41, 5.74) is -0.710. The lowest BCUT2D eigenvalue weighted by Gasteiger charge is -2.31. The van der Waals surface area contributed by atoms with Crippen molar-refractivity contribution in [1.29, 1.82) is 5.26 Å². The summed E-state index contributed by atoms with van der Waals surface area (Å²) in [6.45, 7) is 2.45. The van der Waals surface area contributed by atoms with Crippen molar-refractivity contribution in [3.8, 4) is 6.07 Å². The zero-order valence-corrected chi connectivity index (χ0v) is 17.3. The smallest absolute Gasteiger partial charge is 0.231 e. The first-order valence-corrected chi connectivity index (χ1v) is 11.2. The Kier molecular flexibility index (Phi) is 6.09. The predicted octanol–water partition coefficient (Wildman–Crippen LogP) is 2.95. The fourth-order valence-corrected chi connectivity index (χ4v) is 4.82. The summed E-state index contributed by atoms with van der Waals surface area (Å²) >= 11 is 1.35. The second-order valence-electron chi connectivity index (χ2n) is 7.73. The van der Waals surface area contributed by atoms with E-state index in [1.165, 1.54) is 11.8 Å². The van der Waals surface area contributed by atoms with Crippen LogP contribution in [0.25, 0.3) is 0 Å². The molecule has 154 valence electrons. The minimum Gasteiger partial charge on any atom is -0.467 e. The average molecular weight is 415 g/mol. The standard InChI is InChI=1S/C20H26N6O2S/c21-15-20(8-2-1-3-9-20)22-17(27)14-29-19-24-23-18(25-10-4-5-11-25)26(19)13-16-7-6-12-28-16/h6-7,12H,1-5,8-11,13-14H2,(H,22,27). The third kappa shape index (κ3) is 4.58. The summed E-state index contributed by atoms with van der Waals surface area (Å²) in [7, 11) is 0. The summed E-state index contributed by atoms with van der Waals surface area (Å²) in [4.78, 5) is 14.8. The Hall–Kier alpha value is -2.47. The molecular weight excluding hydrogens is 388 g/mol. The van der Waals surface area contributed by atoms with Gasteiger partial charge in [-0.05, 0) is 37.8 Å². The Labute approximate surface area is 174 Å². The maximum Gasteiger partial charge on any atom is 0.231 e. The van der Waals surface area contributed by atoms with Crippen molar-refractivity contribution in [1.82, 2.24) is 20.1 Å². The van der Waals surface area contributed by atoms with Gasteiger partial charge in [-0.15, -0.1) is 10.2 Å². The van der Waals surface area contributed by atoms with Crippen LogP contribution in [0.3, 0.4) is 0 Å². The normalized spacial score (nSPS) is 18.5. The zero-order chi connectivity index (χ0) is 20.1. The summed E-state index contributed by atoms with van der Waals surface area (Å²) in [6.07, 6.45) is 8.50. The number of nitrogens with zero attached hydrogens (tertiary/aromatic N) is 5. The molecule has 9 heteroatoms. The van der Waals surface area contributed by atoms with E-state index < -0.39 is 5.54 Å². The molecule has 2 aromatic rings. The van der Waals surface area contributed by atoms with Gasteiger partial charge in [-0.2, -0.15) is 5.26 Å². The van der Waals surface area contributed by atoms with Crippen LogP contribution >= 0.6 is 11.8 Å². The lowest BCUT2D eigenvalue weighted by Crippen LogP contribution is -2.49. The molecule has 4 rings (SSSR count). The van der Waals surface area contributed by atoms with E-state index in [-0.39, 0.29) is 11.7 Å². The fraction of sp³-hybridized carbons (Fsp3) is 0.600. The Bertz CT molecular complexity index is 860. The third-order valence-corrected chi connectivity index (χ3v) is 6.58. The van der Waals surface area contributed by atoms with E-state index in [0.29, 0.717) is 11.7 Å². The Morgan fingerprint density at radius 1 is 1.24 bits per heavy atom. The van der Waals surface area contributed by atoms with Crippen LogP contribution in [0, 0.1) is 11.3 Å². The Balaban J connectivity index is 1.45. The van der Waals surface area contributed by atoms with Crippen molar-refractivity contribution in [3.05, 3.63) is 24.2 Å². The molecule has 8 nitrogen and oxygen atoms in total. The maximum atomic E-state index is 12.6. The third-order valence-electron chi connectivity index (χ3n) is 5.61. The lowest BCUT2D eigenvalue weighted by atomic mass is 9.83. The van der Waals surface area contributed by atoms with Gasteiger partial charge in [0.1, 0.15) is 11.3 Å². The van der Waals surface area contributed by atoms with Gasteiger partial charge in [-0.1, -0.05) is 31.0 Å². The van der Waals surface area contributed by atoms with E-state index >= 15 is 0 Å². The minimum absolute atomic E-state index is 0.131. The molecule has 0 spiro atoms. The van der Waals surface area contributed by atoms with Crippen molar-refractivity contribution in [2.24, 2.45) is 0 Å². The number of nitriles is 1. The number of amides is 1.